The lowest BCUT2D eigenvalue weighted by Crippen LogP contribution is -2.46. The number of rotatable bonds is 4. The Hall–Kier alpha value is -1.82. The first-order valence-corrected chi connectivity index (χ1v) is 5.94. The fourth-order valence-electron chi connectivity index (χ4n) is 1.45. The van der Waals surface area contributed by atoms with Gasteiger partial charge >= 0.3 is 12.0 Å². The summed E-state index contributed by atoms with van der Waals surface area (Å²) in [6.45, 7) is 3.33. The van der Waals surface area contributed by atoms with Crippen molar-refractivity contribution < 1.29 is 19.1 Å². The smallest absolute Gasteiger partial charge is 0.326 e. The minimum absolute atomic E-state index is 0.133. The normalized spacial score (nSPS) is 12.1. The number of aliphatic carboxylic acids is 1. The number of benzene rings is 1. The molecule has 0 aliphatic heterocycles. The Morgan fingerprint density at radius 1 is 1.32 bits per heavy atom. The fraction of sp³-hybridized carbons (Fsp3) is 0.333. The summed E-state index contributed by atoms with van der Waals surface area (Å²) in [6.07, 6.45) is 0. The molecule has 0 aliphatic carbocycles. The van der Waals surface area contributed by atoms with Crippen LogP contribution in [0.2, 0.25) is 5.02 Å². The van der Waals surface area contributed by atoms with Gasteiger partial charge in [0.1, 0.15) is 11.9 Å². The molecule has 0 spiro atoms. The lowest BCUT2D eigenvalue weighted by Gasteiger charge is -2.18. The summed E-state index contributed by atoms with van der Waals surface area (Å²) in [5.41, 5.74) is 0.149. The summed E-state index contributed by atoms with van der Waals surface area (Å²) in [7, 11) is 0. The van der Waals surface area contributed by atoms with Crippen molar-refractivity contribution in [1.29, 1.82) is 0 Å². The van der Waals surface area contributed by atoms with E-state index >= 15 is 0 Å². The Balaban J connectivity index is 2.71. The number of amides is 2. The molecule has 0 heterocycles. The van der Waals surface area contributed by atoms with Crippen LogP contribution in [0.5, 0.6) is 0 Å². The molecule has 0 aliphatic rings. The average molecular weight is 289 g/mol. The molecular formula is C12H14ClFN2O3. The summed E-state index contributed by atoms with van der Waals surface area (Å²) in [6, 6.07) is 1.77. The molecular weight excluding hydrogens is 275 g/mol. The summed E-state index contributed by atoms with van der Waals surface area (Å²) in [4.78, 5) is 22.5. The van der Waals surface area contributed by atoms with Gasteiger partial charge in [0.05, 0.1) is 0 Å². The number of hydrogen-bond acceptors (Lipinski definition) is 2. The van der Waals surface area contributed by atoms with Crippen LogP contribution in [-0.2, 0) is 4.79 Å². The van der Waals surface area contributed by atoms with Crippen LogP contribution in [0.3, 0.4) is 0 Å². The van der Waals surface area contributed by atoms with Gasteiger partial charge in [-0.05, 0) is 24.1 Å². The second kappa shape index (κ2) is 6.38. The van der Waals surface area contributed by atoms with Crippen LogP contribution in [0, 0.1) is 11.7 Å². The number of carboxylic acids is 1. The molecule has 1 atom stereocenters. The van der Waals surface area contributed by atoms with Crippen LogP contribution in [0.15, 0.2) is 18.2 Å². The topological polar surface area (TPSA) is 78.4 Å². The van der Waals surface area contributed by atoms with Gasteiger partial charge in [-0.15, -0.1) is 0 Å². The molecule has 7 heteroatoms. The summed E-state index contributed by atoms with van der Waals surface area (Å²) in [5, 5.41) is 13.7. The van der Waals surface area contributed by atoms with E-state index in [0.29, 0.717) is 0 Å². The minimum Gasteiger partial charge on any atom is -0.480 e. The first-order valence-electron chi connectivity index (χ1n) is 5.56. The van der Waals surface area contributed by atoms with Crippen LogP contribution in [0.25, 0.3) is 0 Å². The molecule has 0 radical (unpaired) electrons. The van der Waals surface area contributed by atoms with E-state index in [9.17, 15) is 14.0 Å². The number of carboxylic acid groups (broad SMARTS) is 1. The first-order chi connectivity index (χ1) is 8.79. The van der Waals surface area contributed by atoms with Crippen LogP contribution in [0.1, 0.15) is 13.8 Å². The largest absolute Gasteiger partial charge is 0.480 e. The quantitative estimate of drug-likeness (QED) is 0.797. The standard InChI is InChI=1S/C12H14ClFN2O3/c1-6(2)10(11(17)18)16-12(19)15-9-4-7(13)3-8(14)5-9/h3-6,10H,1-2H3,(H,17,18)(H2,15,16,19)/t10-/m1/s1. The maximum Gasteiger partial charge on any atom is 0.326 e. The SMILES string of the molecule is CC(C)[C@@H](NC(=O)Nc1cc(F)cc(Cl)c1)C(=O)O. The second-order valence-electron chi connectivity index (χ2n) is 4.32. The number of anilines is 1. The third-order valence-corrected chi connectivity index (χ3v) is 2.56. The zero-order valence-corrected chi connectivity index (χ0v) is 11.2. The van der Waals surface area contributed by atoms with E-state index in [4.69, 9.17) is 16.7 Å². The molecule has 5 nitrogen and oxygen atoms in total. The highest BCUT2D eigenvalue weighted by molar-refractivity contribution is 6.30. The summed E-state index contributed by atoms with van der Waals surface area (Å²) in [5.74, 6) is -2.01. The molecule has 0 saturated heterocycles. The Labute approximate surface area is 114 Å². The Bertz CT molecular complexity index is 474. The molecule has 19 heavy (non-hydrogen) atoms. The van der Waals surface area contributed by atoms with Crippen LogP contribution in [-0.4, -0.2) is 23.1 Å². The third kappa shape index (κ3) is 4.75. The number of carbonyl (C=O) groups is 2. The molecule has 1 aromatic carbocycles. The van der Waals surface area contributed by atoms with Crippen molar-refractivity contribution in [3.8, 4) is 0 Å². The van der Waals surface area contributed by atoms with Crippen LogP contribution in [0.4, 0.5) is 14.9 Å². The molecule has 0 unspecified atom stereocenters. The van der Waals surface area contributed by atoms with Gasteiger partial charge in [0.2, 0.25) is 0 Å². The van der Waals surface area contributed by atoms with Gasteiger partial charge in [-0.2, -0.15) is 0 Å². The lowest BCUT2D eigenvalue weighted by atomic mass is 10.1. The van der Waals surface area contributed by atoms with Crippen molar-refractivity contribution in [2.75, 3.05) is 5.32 Å². The van der Waals surface area contributed by atoms with E-state index in [1.165, 1.54) is 6.07 Å². The maximum atomic E-state index is 13.0. The van der Waals surface area contributed by atoms with Crippen molar-refractivity contribution in [2.45, 2.75) is 19.9 Å². The molecule has 3 N–H and O–H groups in total. The molecule has 0 bridgehead atoms. The van der Waals surface area contributed by atoms with Crippen molar-refractivity contribution in [3.05, 3.63) is 29.0 Å². The maximum absolute atomic E-state index is 13.0. The van der Waals surface area contributed by atoms with E-state index < -0.39 is 23.9 Å². The van der Waals surface area contributed by atoms with Crippen LogP contribution >= 0.6 is 11.6 Å². The number of nitrogens with one attached hydrogen (secondary N) is 2. The molecule has 0 fully saturated rings. The highest BCUT2D eigenvalue weighted by Crippen LogP contribution is 2.18. The van der Waals surface area contributed by atoms with Crippen molar-refractivity contribution in [2.24, 2.45) is 5.92 Å². The molecule has 1 aromatic rings. The number of hydrogen-bond donors (Lipinski definition) is 3. The molecule has 0 aromatic heterocycles. The zero-order chi connectivity index (χ0) is 14.6. The van der Waals surface area contributed by atoms with Crippen molar-refractivity contribution in [3.63, 3.8) is 0 Å². The number of carbonyl (C=O) groups excluding carboxylic acids is 1. The predicted octanol–water partition coefficient (Wildman–Crippen LogP) is 2.71. The van der Waals surface area contributed by atoms with Crippen molar-refractivity contribution in [1.82, 2.24) is 5.32 Å². The van der Waals surface area contributed by atoms with Gasteiger partial charge in [-0.25, -0.2) is 14.0 Å². The molecule has 2 amide bonds. The number of urea groups is 1. The van der Waals surface area contributed by atoms with Crippen LogP contribution < -0.4 is 10.6 Å². The second-order valence-corrected chi connectivity index (χ2v) is 4.75. The van der Waals surface area contributed by atoms with Gasteiger partial charge in [-0.1, -0.05) is 25.4 Å². The lowest BCUT2D eigenvalue weighted by molar-refractivity contribution is -0.140. The molecule has 1 rings (SSSR count). The molecule has 0 saturated carbocycles. The summed E-state index contributed by atoms with van der Waals surface area (Å²) < 4.78 is 13.0. The van der Waals surface area contributed by atoms with Gasteiger partial charge in [0.25, 0.3) is 0 Å². The van der Waals surface area contributed by atoms with E-state index in [-0.39, 0.29) is 16.6 Å². The number of halogens is 2. The molecule has 104 valence electrons. The monoisotopic (exact) mass is 288 g/mol. The Morgan fingerprint density at radius 3 is 2.42 bits per heavy atom. The average Bonchev–Trinajstić information content (AvgIpc) is 2.23. The Kier molecular flexibility index (Phi) is 5.11. The highest BCUT2D eigenvalue weighted by Gasteiger charge is 2.23. The summed E-state index contributed by atoms with van der Waals surface area (Å²) >= 11 is 5.63. The van der Waals surface area contributed by atoms with Crippen molar-refractivity contribution >= 4 is 29.3 Å². The van der Waals surface area contributed by atoms with E-state index in [1.807, 2.05) is 0 Å². The Morgan fingerprint density at radius 2 is 1.95 bits per heavy atom. The van der Waals surface area contributed by atoms with E-state index in [2.05, 4.69) is 10.6 Å². The van der Waals surface area contributed by atoms with Gasteiger partial charge in [0.15, 0.2) is 0 Å². The van der Waals surface area contributed by atoms with Gasteiger partial charge in [-0.3, -0.25) is 0 Å². The predicted molar refractivity (Wildman–Crippen MR) is 69.8 cm³/mol. The first kappa shape index (κ1) is 15.2. The highest BCUT2D eigenvalue weighted by atomic mass is 35.5. The van der Waals surface area contributed by atoms with Gasteiger partial charge < -0.3 is 15.7 Å². The minimum atomic E-state index is -1.14. The fourth-order valence-corrected chi connectivity index (χ4v) is 1.67. The third-order valence-electron chi connectivity index (χ3n) is 2.34. The van der Waals surface area contributed by atoms with Gasteiger partial charge in [0, 0.05) is 10.7 Å². The van der Waals surface area contributed by atoms with E-state index in [1.54, 1.807) is 13.8 Å². The zero-order valence-electron chi connectivity index (χ0n) is 10.4. The van der Waals surface area contributed by atoms with E-state index in [0.717, 1.165) is 12.1 Å².